The maximum Gasteiger partial charge on any atom is 0.261 e. The maximum atomic E-state index is 13.2. The SMILES string of the molecule is Cc1cccc(N2CCN(C(=O)c3ccc4c(c3)C(=O)N(Cc3ccccc3)C4=O)CC2)c1C. The minimum absolute atomic E-state index is 0.106. The van der Waals surface area contributed by atoms with Gasteiger partial charge >= 0.3 is 0 Å². The second kappa shape index (κ2) is 8.78. The number of anilines is 1. The Kier molecular flexibility index (Phi) is 5.65. The maximum absolute atomic E-state index is 13.2. The summed E-state index contributed by atoms with van der Waals surface area (Å²) < 4.78 is 0. The molecule has 6 nitrogen and oxygen atoms in total. The Bertz CT molecular complexity index is 1280. The normalized spacial score (nSPS) is 15.6. The van der Waals surface area contributed by atoms with Crippen molar-refractivity contribution in [2.45, 2.75) is 20.4 Å². The van der Waals surface area contributed by atoms with Crippen molar-refractivity contribution >= 4 is 23.4 Å². The van der Waals surface area contributed by atoms with Crippen LogP contribution < -0.4 is 4.90 Å². The van der Waals surface area contributed by atoms with Crippen LogP contribution in [0.3, 0.4) is 0 Å². The highest BCUT2D eigenvalue weighted by atomic mass is 16.2. The highest BCUT2D eigenvalue weighted by molar-refractivity contribution is 6.22. The number of carbonyl (C=O) groups is 3. The summed E-state index contributed by atoms with van der Waals surface area (Å²) in [7, 11) is 0. The zero-order valence-corrected chi connectivity index (χ0v) is 19.5. The second-order valence-electron chi connectivity index (χ2n) is 8.94. The zero-order chi connectivity index (χ0) is 23.8. The molecule has 0 atom stereocenters. The van der Waals surface area contributed by atoms with Gasteiger partial charge < -0.3 is 9.80 Å². The fourth-order valence-corrected chi connectivity index (χ4v) is 4.74. The van der Waals surface area contributed by atoms with Crippen LogP contribution in [0, 0.1) is 13.8 Å². The van der Waals surface area contributed by atoms with Crippen LogP contribution >= 0.6 is 0 Å². The van der Waals surface area contributed by atoms with Crippen molar-refractivity contribution in [1.29, 1.82) is 0 Å². The first-order valence-electron chi connectivity index (χ1n) is 11.6. The molecular formula is C28H27N3O3. The van der Waals surface area contributed by atoms with Crippen LogP contribution in [-0.2, 0) is 6.54 Å². The van der Waals surface area contributed by atoms with Gasteiger partial charge in [-0.15, -0.1) is 0 Å². The molecule has 1 fully saturated rings. The van der Waals surface area contributed by atoms with Gasteiger partial charge in [-0.1, -0.05) is 42.5 Å². The van der Waals surface area contributed by atoms with Gasteiger partial charge in [-0.25, -0.2) is 0 Å². The van der Waals surface area contributed by atoms with E-state index in [2.05, 4.69) is 36.9 Å². The lowest BCUT2D eigenvalue weighted by molar-refractivity contribution is 0.0642. The summed E-state index contributed by atoms with van der Waals surface area (Å²) in [6.07, 6.45) is 0. The molecule has 3 amide bonds. The van der Waals surface area contributed by atoms with Crippen LogP contribution in [-0.4, -0.2) is 53.7 Å². The van der Waals surface area contributed by atoms with Crippen LogP contribution in [0.25, 0.3) is 0 Å². The summed E-state index contributed by atoms with van der Waals surface area (Å²) in [6, 6.07) is 20.6. The molecule has 2 aliphatic rings. The van der Waals surface area contributed by atoms with E-state index < -0.39 is 0 Å². The number of hydrogen-bond acceptors (Lipinski definition) is 4. The minimum Gasteiger partial charge on any atom is -0.368 e. The molecule has 6 heteroatoms. The summed E-state index contributed by atoms with van der Waals surface area (Å²) in [5.41, 5.74) is 5.74. The number of nitrogens with zero attached hydrogens (tertiary/aromatic N) is 3. The Morgan fingerprint density at radius 2 is 1.50 bits per heavy atom. The first-order valence-corrected chi connectivity index (χ1v) is 11.6. The number of carbonyl (C=O) groups excluding carboxylic acids is 3. The van der Waals surface area contributed by atoms with E-state index in [0.29, 0.717) is 29.8 Å². The van der Waals surface area contributed by atoms with E-state index in [-0.39, 0.29) is 24.3 Å². The Balaban J connectivity index is 1.29. The molecule has 1 saturated heterocycles. The molecule has 2 aliphatic heterocycles. The molecule has 3 aromatic rings. The monoisotopic (exact) mass is 453 g/mol. The van der Waals surface area contributed by atoms with E-state index in [4.69, 9.17) is 0 Å². The average Bonchev–Trinajstić information content (AvgIpc) is 3.10. The van der Waals surface area contributed by atoms with Crippen molar-refractivity contribution in [3.8, 4) is 0 Å². The van der Waals surface area contributed by atoms with Gasteiger partial charge in [-0.05, 0) is 54.8 Å². The van der Waals surface area contributed by atoms with Gasteiger partial charge in [0.1, 0.15) is 0 Å². The molecule has 0 aromatic heterocycles. The lowest BCUT2D eigenvalue weighted by Gasteiger charge is -2.37. The number of amides is 3. The third-order valence-corrected chi connectivity index (χ3v) is 6.88. The van der Waals surface area contributed by atoms with Gasteiger partial charge in [0.05, 0.1) is 17.7 Å². The third kappa shape index (κ3) is 3.85. The minimum atomic E-state index is -0.349. The summed E-state index contributed by atoms with van der Waals surface area (Å²) in [6.45, 7) is 7.18. The van der Waals surface area contributed by atoms with Crippen molar-refractivity contribution in [1.82, 2.24) is 9.80 Å². The fraction of sp³-hybridized carbons (Fsp3) is 0.250. The molecule has 34 heavy (non-hydrogen) atoms. The first-order chi connectivity index (χ1) is 16.4. The summed E-state index contributed by atoms with van der Waals surface area (Å²) in [5.74, 6) is -0.770. The van der Waals surface area contributed by atoms with Gasteiger partial charge in [0.25, 0.3) is 17.7 Å². The predicted molar refractivity (Wildman–Crippen MR) is 131 cm³/mol. The molecule has 0 saturated carbocycles. The number of hydrogen-bond donors (Lipinski definition) is 0. The molecule has 0 bridgehead atoms. The molecule has 0 radical (unpaired) electrons. The van der Waals surface area contributed by atoms with Crippen molar-refractivity contribution in [3.63, 3.8) is 0 Å². The van der Waals surface area contributed by atoms with Gasteiger partial charge in [0, 0.05) is 37.4 Å². The molecule has 0 unspecified atom stereocenters. The highest BCUT2D eigenvalue weighted by Crippen LogP contribution is 2.27. The molecule has 2 heterocycles. The fourth-order valence-electron chi connectivity index (χ4n) is 4.74. The largest absolute Gasteiger partial charge is 0.368 e. The third-order valence-electron chi connectivity index (χ3n) is 6.88. The Morgan fingerprint density at radius 1 is 0.794 bits per heavy atom. The summed E-state index contributed by atoms with van der Waals surface area (Å²) >= 11 is 0. The molecule has 3 aromatic carbocycles. The van der Waals surface area contributed by atoms with Gasteiger partial charge in [-0.3, -0.25) is 19.3 Å². The Morgan fingerprint density at radius 3 is 2.24 bits per heavy atom. The Labute approximate surface area is 199 Å². The van der Waals surface area contributed by atoms with E-state index >= 15 is 0 Å². The molecule has 0 spiro atoms. The van der Waals surface area contributed by atoms with Crippen LogP contribution in [0.15, 0.2) is 66.7 Å². The van der Waals surface area contributed by atoms with Crippen LogP contribution in [0.2, 0.25) is 0 Å². The summed E-state index contributed by atoms with van der Waals surface area (Å²) in [5, 5.41) is 0. The molecule has 0 aliphatic carbocycles. The molecule has 0 N–H and O–H groups in total. The van der Waals surface area contributed by atoms with E-state index in [1.807, 2.05) is 35.2 Å². The molecular weight excluding hydrogens is 426 g/mol. The lowest BCUT2D eigenvalue weighted by atomic mass is 10.0. The number of fused-ring (bicyclic) bond motifs is 1. The van der Waals surface area contributed by atoms with E-state index in [1.165, 1.54) is 21.7 Å². The lowest BCUT2D eigenvalue weighted by Crippen LogP contribution is -2.49. The smallest absolute Gasteiger partial charge is 0.261 e. The van der Waals surface area contributed by atoms with Gasteiger partial charge in [0.15, 0.2) is 0 Å². The van der Waals surface area contributed by atoms with Crippen molar-refractivity contribution in [2.75, 3.05) is 31.1 Å². The van der Waals surface area contributed by atoms with Crippen molar-refractivity contribution in [2.24, 2.45) is 0 Å². The number of imide groups is 1. The zero-order valence-electron chi connectivity index (χ0n) is 19.5. The van der Waals surface area contributed by atoms with Crippen LogP contribution in [0.5, 0.6) is 0 Å². The molecule has 172 valence electrons. The van der Waals surface area contributed by atoms with Gasteiger partial charge in [-0.2, -0.15) is 0 Å². The first kappa shape index (κ1) is 21.9. The summed E-state index contributed by atoms with van der Waals surface area (Å²) in [4.78, 5) is 44.4. The molecule has 5 rings (SSSR count). The van der Waals surface area contributed by atoms with E-state index in [0.717, 1.165) is 18.7 Å². The number of benzene rings is 3. The van der Waals surface area contributed by atoms with Crippen LogP contribution in [0.1, 0.15) is 47.8 Å². The van der Waals surface area contributed by atoms with E-state index in [1.54, 1.807) is 18.2 Å². The quantitative estimate of drug-likeness (QED) is 0.559. The van der Waals surface area contributed by atoms with Crippen molar-refractivity contribution < 1.29 is 14.4 Å². The van der Waals surface area contributed by atoms with Crippen molar-refractivity contribution in [3.05, 3.63) is 100 Å². The number of rotatable bonds is 4. The Hall–Kier alpha value is -3.93. The number of piperazine rings is 1. The predicted octanol–water partition coefficient (Wildman–Crippen LogP) is 4.06. The number of aryl methyl sites for hydroxylation is 1. The topological polar surface area (TPSA) is 60.9 Å². The van der Waals surface area contributed by atoms with E-state index in [9.17, 15) is 14.4 Å². The van der Waals surface area contributed by atoms with Gasteiger partial charge in [0.2, 0.25) is 0 Å². The average molecular weight is 454 g/mol. The highest BCUT2D eigenvalue weighted by Gasteiger charge is 2.36. The standard InChI is InChI=1S/C28H27N3O3/c1-19-7-6-10-25(20(19)2)29-13-15-30(16-14-29)26(32)22-11-12-23-24(17-22)28(34)31(27(23)33)18-21-8-4-3-5-9-21/h3-12,17H,13-16,18H2,1-2H3. The van der Waals surface area contributed by atoms with Crippen LogP contribution in [0.4, 0.5) is 5.69 Å². The second-order valence-corrected chi connectivity index (χ2v) is 8.94.